The third-order valence-electron chi connectivity index (χ3n) is 3.46. The molecular formula is C11H14Cl2N2O2. The Morgan fingerprint density at radius 1 is 1.35 bits per heavy atom. The van der Waals surface area contributed by atoms with Crippen molar-refractivity contribution in [2.75, 3.05) is 26.2 Å². The quantitative estimate of drug-likeness (QED) is 0.849. The third-order valence-corrected chi connectivity index (χ3v) is 3.66. The molecule has 0 aliphatic carbocycles. The number of carbonyl (C=O) groups excluding carboxylic acids is 1. The van der Waals surface area contributed by atoms with E-state index in [4.69, 9.17) is 16.0 Å². The van der Waals surface area contributed by atoms with E-state index in [9.17, 15) is 4.79 Å². The van der Waals surface area contributed by atoms with Gasteiger partial charge in [-0.25, -0.2) is 0 Å². The molecule has 0 spiro atoms. The van der Waals surface area contributed by atoms with Crippen molar-refractivity contribution in [3.8, 4) is 0 Å². The lowest BCUT2D eigenvalue weighted by Crippen LogP contribution is -2.31. The average Bonchev–Trinajstić information content (AvgIpc) is 2.89. The summed E-state index contributed by atoms with van der Waals surface area (Å²) >= 11 is 5.66. The summed E-state index contributed by atoms with van der Waals surface area (Å²) in [6, 6.07) is 3.24. The number of likely N-dealkylation sites (tertiary alicyclic amines) is 1. The molecule has 0 saturated carbocycles. The number of nitrogens with one attached hydrogen (secondary N) is 1. The summed E-state index contributed by atoms with van der Waals surface area (Å²) in [4.78, 5) is 13.9. The zero-order chi connectivity index (χ0) is 11.1. The molecule has 2 atom stereocenters. The molecule has 0 radical (unpaired) electrons. The minimum absolute atomic E-state index is 0. The van der Waals surface area contributed by atoms with E-state index in [1.165, 1.54) is 0 Å². The first-order chi connectivity index (χ1) is 7.74. The molecule has 2 fully saturated rings. The van der Waals surface area contributed by atoms with E-state index >= 15 is 0 Å². The minimum atomic E-state index is -0.0405. The molecule has 4 nitrogen and oxygen atoms in total. The summed E-state index contributed by atoms with van der Waals surface area (Å²) in [5.41, 5.74) is 0. The fraction of sp³-hybridized carbons (Fsp3) is 0.545. The van der Waals surface area contributed by atoms with Gasteiger partial charge < -0.3 is 14.6 Å². The van der Waals surface area contributed by atoms with Gasteiger partial charge in [0.05, 0.1) is 0 Å². The monoisotopic (exact) mass is 276 g/mol. The first kappa shape index (κ1) is 12.7. The highest BCUT2D eigenvalue weighted by Crippen LogP contribution is 2.28. The first-order valence-electron chi connectivity index (χ1n) is 5.49. The maximum atomic E-state index is 12.0. The largest absolute Gasteiger partial charge is 0.440 e. The maximum Gasteiger partial charge on any atom is 0.289 e. The Morgan fingerprint density at radius 3 is 2.53 bits per heavy atom. The number of nitrogens with zero attached hydrogens (tertiary/aromatic N) is 1. The minimum Gasteiger partial charge on any atom is -0.440 e. The Kier molecular flexibility index (Phi) is 3.66. The van der Waals surface area contributed by atoms with Gasteiger partial charge in [-0.3, -0.25) is 4.79 Å². The molecule has 94 valence electrons. The summed E-state index contributed by atoms with van der Waals surface area (Å²) in [6.07, 6.45) is 0. The molecule has 1 N–H and O–H groups in total. The molecule has 0 unspecified atom stereocenters. The van der Waals surface area contributed by atoms with Crippen molar-refractivity contribution in [3.05, 3.63) is 23.1 Å². The summed E-state index contributed by atoms with van der Waals surface area (Å²) in [5.74, 6) is 1.52. The van der Waals surface area contributed by atoms with E-state index in [1.807, 2.05) is 4.90 Å². The van der Waals surface area contributed by atoms with Crippen LogP contribution in [0.1, 0.15) is 10.6 Å². The number of carbonyl (C=O) groups is 1. The molecule has 0 bridgehead atoms. The van der Waals surface area contributed by atoms with Gasteiger partial charge in [0, 0.05) is 26.2 Å². The second kappa shape index (κ2) is 4.88. The van der Waals surface area contributed by atoms with Crippen LogP contribution in [0.3, 0.4) is 0 Å². The van der Waals surface area contributed by atoms with Gasteiger partial charge in [0.2, 0.25) is 0 Å². The highest BCUT2D eigenvalue weighted by atomic mass is 35.5. The Bertz CT molecular complexity index is 409. The lowest BCUT2D eigenvalue weighted by atomic mass is 10.0. The van der Waals surface area contributed by atoms with E-state index in [0.29, 0.717) is 17.6 Å². The van der Waals surface area contributed by atoms with Crippen LogP contribution in [0.25, 0.3) is 0 Å². The molecule has 1 aromatic heterocycles. The number of hydrogen-bond donors (Lipinski definition) is 1. The van der Waals surface area contributed by atoms with Crippen molar-refractivity contribution >= 4 is 29.9 Å². The molecule has 2 aliphatic heterocycles. The van der Waals surface area contributed by atoms with Crippen LogP contribution in [-0.4, -0.2) is 37.0 Å². The standard InChI is InChI=1S/C11H13ClN2O2.ClH/c12-10-2-1-9(16-10)11(15)14-5-7-3-13-4-8(7)6-14;/h1-2,7-8,13H,3-6H2;1H/t7-,8+;. The zero-order valence-corrected chi connectivity index (χ0v) is 10.8. The normalized spacial score (nSPS) is 26.8. The van der Waals surface area contributed by atoms with Crippen LogP contribution in [-0.2, 0) is 0 Å². The number of fused-ring (bicyclic) bond motifs is 1. The van der Waals surface area contributed by atoms with Crippen molar-refractivity contribution < 1.29 is 9.21 Å². The zero-order valence-electron chi connectivity index (χ0n) is 9.19. The van der Waals surface area contributed by atoms with Crippen LogP contribution in [0.15, 0.2) is 16.5 Å². The SMILES string of the molecule is Cl.O=C(c1ccc(Cl)o1)N1C[C@H]2CNC[C@H]2C1. The van der Waals surface area contributed by atoms with Crippen LogP contribution < -0.4 is 5.32 Å². The van der Waals surface area contributed by atoms with Gasteiger partial charge >= 0.3 is 0 Å². The Hall–Kier alpha value is -0.710. The molecule has 1 amide bonds. The highest BCUT2D eigenvalue weighted by Gasteiger charge is 2.38. The van der Waals surface area contributed by atoms with Crippen molar-refractivity contribution in [1.29, 1.82) is 0 Å². The van der Waals surface area contributed by atoms with Gasteiger partial charge in [-0.05, 0) is 35.6 Å². The molecule has 0 aromatic carbocycles. The summed E-state index contributed by atoms with van der Waals surface area (Å²) in [7, 11) is 0. The predicted molar refractivity (Wildman–Crippen MR) is 66.7 cm³/mol. The highest BCUT2D eigenvalue weighted by molar-refractivity contribution is 6.29. The van der Waals surface area contributed by atoms with Crippen molar-refractivity contribution in [2.24, 2.45) is 11.8 Å². The number of furan rings is 1. The molecular weight excluding hydrogens is 263 g/mol. The molecule has 3 heterocycles. The van der Waals surface area contributed by atoms with Crippen molar-refractivity contribution in [1.82, 2.24) is 10.2 Å². The van der Waals surface area contributed by atoms with E-state index in [1.54, 1.807) is 12.1 Å². The Labute approximate surface area is 111 Å². The van der Waals surface area contributed by atoms with Gasteiger partial charge in [0.25, 0.3) is 5.91 Å². The maximum absolute atomic E-state index is 12.0. The van der Waals surface area contributed by atoms with Gasteiger partial charge in [-0.2, -0.15) is 0 Å². The number of rotatable bonds is 1. The summed E-state index contributed by atoms with van der Waals surface area (Å²) < 4.78 is 5.14. The first-order valence-corrected chi connectivity index (χ1v) is 5.87. The predicted octanol–water partition coefficient (Wildman–Crippen LogP) is 1.65. The van der Waals surface area contributed by atoms with Crippen molar-refractivity contribution in [3.63, 3.8) is 0 Å². The fourth-order valence-electron chi connectivity index (χ4n) is 2.61. The van der Waals surface area contributed by atoms with Crippen LogP contribution >= 0.6 is 24.0 Å². The van der Waals surface area contributed by atoms with Crippen molar-refractivity contribution in [2.45, 2.75) is 0 Å². The van der Waals surface area contributed by atoms with Crippen LogP contribution in [0.5, 0.6) is 0 Å². The molecule has 17 heavy (non-hydrogen) atoms. The fourth-order valence-corrected chi connectivity index (χ4v) is 2.75. The third kappa shape index (κ3) is 2.30. The van der Waals surface area contributed by atoms with E-state index in [2.05, 4.69) is 5.32 Å². The van der Waals surface area contributed by atoms with Crippen LogP contribution in [0, 0.1) is 11.8 Å². The van der Waals surface area contributed by atoms with Gasteiger partial charge in [-0.1, -0.05) is 0 Å². The topological polar surface area (TPSA) is 45.5 Å². The van der Waals surface area contributed by atoms with E-state index < -0.39 is 0 Å². The summed E-state index contributed by atoms with van der Waals surface area (Å²) in [6.45, 7) is 3.70. The lowest BCUT2D eigenvalue weighted by Gasteiger charge is -2.15. The smallest absolute Gasteiger partial charge is 0.289 e. The average molecular weight is 277 g/mol. The van der Waals surface area contributed by atoms with Crippen LogP contribution in [0.2, 0.25) is 5.22 Å². The Balaban J connectivity index is 0.00000108. The molecule has 6 heteroatoms. The molecule has 3 rings (SSSR count). The molecule has 2 aliphatic rings. The van der Waals surface area contributed by atoms with Gasteiger partial charge in [-0.15, -0.1) is 12.4 Å². The van der Waals surface area contributed by atoms with E-state index in [-0.39, 0.29) is 23.5 Å². The second-order valence-corrected chi connectivity index (χ2v) is 4.86. The van der Waals surface area contributed by atoms with Crippen LogP contribution in [0.4, 0.5) is 0 Å². The molecule has 2 saturated heterocycles. The number of amides is 1. The second-order valence-electron chi connectivity index (χ2n) is 4.49. The number of hydrogen-bond acceptors (Lipinski definition) is 3. The van der Waals surface area contributed by atoms with Gasteiger partial charge in [0.15, 0.2) is 11.0 Å². The van der Waals surface area contributed by atoms with Gasteiger partial charge in [0.1, 0.15) is 0 Å². The lowest BCUT2D eigenvalue weighted by molar-refractivity contribution is 0.0750. The van der Waals surface area contributed by atoms with E-state index in [0.717, 1.165) is 26.2 Å². The molecule has 1 aromatic rings. The Morgan fingerprint density at radius 2 is 2.00 bits per heavy atom. The number of halogens is 2. The summed E-state index contributed by atoms with van der Waals surface area (Å²) in [5, 5.41) is 3.61.